The minimum absolute atomic E-state index is 0.333. The molecule has 1 fully saturated rings. The van der Waals surface area contributed by atoms with Gasteiger partial charge in [0.2, 0.25) is 0 Å². The number of carbonyl (C=O) groups is 1. The maximum Gasteiger partial charge on any atom is 0.261 e. The molecule has 0 bridgehead atoms. The number of carbonyl (C=O) groups excluding carboxylic acids is 1. The molecule has 37 heavy (non-hydrogen) atoms. The average Bonchev–Trinajstić information content (AvgIpc) is 3.63. The van der Waals surface area contributed by atoms with Crippen LogP contribution in [0.4, 0.5) is 5.69 Å². The number of aryl methyl sites for hydroxylation is 2. The lowest BCUT2D eigenvalue weighted by molar-refractivity contribution is 0.0342. The Hall–Kier alpha value is -4.28. The average molecular weight is 498 g/mol. The predicted octanol–water partition coefficient (Wildman–Crippen LogP) is 4.31. The summed E-state index contributed by atoms with van der Waals surface area (Å²) in [5.74, 6) is 0.697. The number of hydrogen-bond acceptors (Lipinski definition) is 7. The van der Waals surface area contributed by atoms with E-state index >= 15 is 0 Å². The zero-order valence-electron chi connectivity index (χ0n) is 20.7. The van der Waals surface area contributed by atoms with E-state index in [1.54, 1.807) is 13.1 Å². The number of nitrogens with zero attached hydrogens (tertiary/aromatic N) is 4. The Balaban J connectivity index is 1.25. The van der Waals surface area contributed by atoms with Crippen molar-refractivity contribution in [3.8, 4) is 22.8 Å². The Morgan fingerprint density at radius 1 is 1.11 bits per heavy atom. The molecular weight excluding hydrogens is 470 g/mol. The molecule has 1 aliphatic rings. The van der Waals surface area contributed by atoms with Gasteiger partial charge in [0, 0.05) is 25.2 Å². The highest BCUT2D eigenvalue weighted by Crippen LogP contribution is 2.29. The molecule has 5 aromatic rings. The second-order valence-corrected chi connectivity index (χ2v) is 9.27. The molecule has 1 amide bonds. The summed E-state index contributed by atoms with van der Waals surface area (Å²) >= 11 is 0. The zero-order chi connectivity index (χ0) is 25.4. The molecule has 6 rings (SSSR count). The van der Waals surface area contributed by atoms with Crippen LogP contribution in [0.1, 0.15) is 27.2 Å². The van der Waals surface area contributed by atoms with E-state index in [9.17, 15) is 4.79 Å². The van der Waals surface area contributed by atoms with Gasteiger partial charge in [-0.3, -0.25) is 14.8 Å². The fourth-order valence-electron chi connectivity index (χ4n) is 4.59. The fourth-order valence-corrected chi connectivity index (χ4v) is 4.59. The Morgan fingerprint density at radius 3 is 2.73 bits per heavy atom. The quantitative estimate of drug-likeness (QED) is 0.319. The number of nitrogens with one attached hydrogen (secondary N) is 3. The van der Waals surface area contributed by atoms with Crippen molar-refractivity contribution in [1.29, 1.82) is 0 Å². The topological polar surface area (TPSA) is 125 Å². The van der Waals surface area contributed by atoms with Crippen molar-refractivity contribution in [3.05, 3.63) is 71.1 Å². The molecular formula is C27H27N7O3. The van der Waals surface area contributed by atoms with Gasteiger partial charge in [-0.1, -0.05) is 41.1 Å². The molecule has 10 heteroatoms. The Bertz CT molecular complexity index is 1560. The fraction of sp³-hybridized carbons (Fsp3) is 0.259. The standard InChI is InChI=1S/C27H27N7O3/c1-16-3-6-19(7-4-16)24-23(17(2)37-33-24)27(35)31-22-14-28-32-25(22)26-29-20-8-5-18(13-21(20)30-26)15-34-9-11-36-12-10-34/h3-8,13-14H,9-12,15H2,1-2H3,(H,28,32)(H,29,30)(H,31,35). The van der Waals surface area contributed by atoms with Crippen molar-refractivity contribution >= 4 is 22.6 Å². The van der Waals surface area contributed by atoms with E-state index in [2.05, 4.69) is 42.7 Å². The summed E-state index contributed by atoms with van der Waals surface area (Å²) in [6.45, 7) is 8.00. The molecule has 2 aromatic carbocycles. The van der Waals surface area contributed by atoms with Crippen LogP contribution in [0, 0.1) is 13.8 Å². The zero-order valence-corrected chi connectivity index (χ0v) is 20.7. The van der Waals surface area contributed by atoms with Crippen molar-refractivity contribution < 1.29 is 14.1 Å². The third-order valence-corrected chi connectivity index (χ3v) is 6.60. The van der Waals surface area contributed by atoms with E-state index in [1.165, 1.54) is 5.56 Å². The van der Waals surface area contributed by atoms with Crippen molar-refractivity contribution in [2.75, 3.05) is 31.6 Å². The van der Waals surface area contributed by atoms with Crippen molar-refractivity contribution in [1.82, 2.24) is 30.2 Å². The summed E-state index contributed by atoms with van der Waals surface area (Å²) in [6.07, 6.45) is 1.57. The minimum Gasteiger partial charge on any atom is -0.379 e. The van der Waals surface area contributed by atoms with Gasteiger partial charge in [-0.25, -0.2) is 4.98 Å². The summed E-state index contributed by atoms with van der Waals surface area (Å²) < 4.78 is 10.8. The molecule has 0 spiro atoms. The van der Waals surface area contributed by atoms with Gasteiger partial charge in [0.05, 0.1) is 36.1 Å². The van der Waals surface area contributed by atoms with Crippen molar-refractivity contribution in [2.45, 2.75) is 20.4 Å². The summed E-state index contributed by atoms with van der Waals surface area (Å²) in [6, 6.07) is 14.0. The number of anilines is 1. The van der Waals surface area contributed by atoms with E-state index in [4.69, 9.17) is 14.2 Å². The number of rotatable bonds is 6. The number of H-pyrrole nitrogens is 2. The normalized spacial score (nSPS) is 14.3. The van der Waals surface area contributed by atoms with Crippen LogP contribution >= 0.6 is 0 Å². The highest BCUT2D eigenvalue weighted by atomic mass is 16.5. The first kappa shape index (κ1) is 23.1. The third-order valence-electron chi connectivity index (χ3n) is 6.60. The van der Waals surface area contributed by atoms with Gasteiger partial charge in [-0.15, -0.1) is 0 Å². The maximum absolute atomic E-state index is 13.3. The highest BCUT2D eigenvalue weighted by molar-refractivity contribution is 6.09. The SMILES string of the molecule is Cc1ccc(-c2noc(C)c2C(=O)Nc2cn[nH]c2-c2nc3ccc(CN4CCOCC4)cc3[nH]2)cc1. The molecule has 188 valence electrons. The maximum atomic E-state index is 13.3. The van der Waals surface area contributed by atoms with E-state index in [0.717, 1.165) is 55.0 Å². The van der Waals surface area contributed by atoms with Gasteiger partial charge in [0.25, 0.3) is 5.91 Å². The lowest BCUT2D eigenvalue weighted by Crippen LogP contribution is -2.35. The molecule has 1 saturated heterocycles. The van der Waals surface area contributed by atoms with Crippen LogP contribution in [-0.2, 0) is 11.3 Å². The van der Waals surface area contributed by atoms with Crippen molar-refractivity contribution in [3.63, 3.8) is 0 Å². The smallest absolute Gasteiger partial charge is 0.261 e. The summed E-state index contributed by atoms with van der Waals surface area (Å²) in [5, 5.41) is 14.2. The first-order valence-corrected chi connectivity index (χ1v) is 12.2. The van der Waals surface area contributed by atoms with Crippen molar-refractivity contribution in [2.24, 2.45) is 0 Å². The first-order valence-electron chi connectivity index (χ1n) is 12.2. The van der Waals surface area contributed by atoms with Gasteiger partial charge < -0.3 is 19.6 Å². The molecule has 0 radical (unpaired) electrons. The lowest BCUT2D eigenvalue weighted by Gasteiger charge is -2.26. The number of morpholine rings is 1. The van der Waals surface area contributed by atoms with Crippen LogP contribution in [-0.4, -0.2) is 62.4 Å². The molecule has 10 nitrogen and oxygen atoms in total. The van der Waals surface area contributed by atoms with Gasteiger partial charge in [0.15, 0.2) is 5.82 Å². The number of hydrogen-bond donors (Lipinski definition) is 3. The second kappa shape index (κ2) is 9.64. The molecule has 0 aliphatic carbocycles. The molecule has 3 aromatic heterocycles. The lowest BCUT2D eigenvalue weighted by atomic mass is 10.0. The van der Waals surface area contributed by atoms with E-state index < -0.39 is 0 Å². The van der Waals surface area contributed by atoms with Gasteiger partial charge in [0.1, 0.15) is 22.7 Å². The van der Waals surface area contributed by atoms with Gasteiger partial charge in [-0.2, -0.15) is 5.10 Å². The van der Waals surface area contributed by atoms with E-state index in [-0.39, 0.29) is 5.91 Å². The summed E-state index contributed by atoms with van der Waals surface area (Å²) in [4.78, 5) is 23.8. The summed E-state index contributed by atoms with van der Waals surface area (Å²) in [5.41, 5.74) is 6.87. The largest absolute Gasteiger partial charge is 0.379 e. The summed E-state index contributed by atoms with van der Waals surface area (Å²) in [7, 11) is 0. The molecule has 3 N–H and O–H groups in total. The van der Waals surface area contributed by atoms with E-state index in [1.807, 2.05) is 37.3 Å². The third kappa shape index (κ3) is 4.64. The number of amides is 1. The number of fused-ring (bicyclic) bond motifs is 1. The van der Waals surface area contributed by atoms with Crippen LogP contribution < -0.4 is 5.32 Å². The highest BCUT2D eigenvalue weighted by Gasteiger charge is 2.24. The van der Waals surface area contributed by atoms with E-state index in [0.29, 0.717) is 34.2 Å². The van der Waals surface area contributed by atoms with Gasteiger partial charge >= 0.3 is 0 Å². The number of aromatic amines is 2. The number of imidazole rings is 1. The van der Waals surface area contributed by atoms with Crippen LogP contribution in [0.25, 0.3) is 33.8 Å². The molecule has 0 unspecified atom stereocenters. The van der Waals surface area contributed by atoms with Gasteiger partial charge in [-0.05, 0) is 31.5 Å². The Labute approximate surface area is 213 Å². The number of benzene rings is 2. The molecule has 0 atom stereocenters. The van der Waals surface area contributed by atoms with Crippen LogP contribution in [0.15, 0.2) is 53.2 Å². The predicted molar refractivity (Wildman–Crippen MR) is 139 cm³/mol. The first-order chi connectivity index (χ1) is 18.0. The monoisotopic (exact) mass is 497 g/mol. The van der Waals surface area contributed by atoms with Crippen LogP contribution in [0.3, 0.4) is 0 Å². The minimum atomic E-state index is -0.333. The van der Waals surface area contributed by atoms with Crippen LogP contribution in [0.2, 0.25) is 0 Å². The second-order valence-electron chi connectivity index (χ2n) is 9.27. The molecule has 4 heterocycles. The molecule has 1 aliphatic heterocycles. The Kier molecular flexibility index (Phi) is 6.03. The number of ether oxygens (including phenoxy) is 1. The Morgan fingerprint density at radius 2 is 1.92 bits per heavy atom. The number of aromatic nitrogens is 5. The molecule has 0 saturated carbocycles. The van der Waals surface area contributed by atoms with Crippen LogP contribution in [0.5, 0.6) is 0 Å².